The second-order valence-electron chi connectivity index (χ2n) is 10.3. The molecule has 9 heteroatoms. The van der Waals surface area contributed by atoms with Crippen molar-refractivity contribution in [2.45, 2.75) is 64.0 Å². The Morgan fingerprint density at radius 1 is 1.03 bits per heavy atom. The fourth-order valence-corrected chi connectivity index (χ4v) is 4.90. The predicted molar refractivity (Wildman–Crippen MR) is 144 cm³/mol. The van der Waals surface area contributed by atoms with Gasteiger partial charge in [-0.05, 0) is 29.5 Å². The molecule has 4 unspecified atom stereocenters. The van der Waals surface area contributed by atoms with Crippen LogP contribution in [0.1, 0.15) is 37.8 Å². The van der Waals surface area contributed by atoms with E-state index in [2.05, 4.69) is 10.6 Å². The number of ketones is 2. The first-order valence-electron chi connectivity index (χ1n) is 13.3. The molecule has 0 aromatic heterocycles. The van der Waals surface area contributed by atoms with Gasteiger partial charge in [0.2, 0.25) is 23.4 Å². The number of nitrogens with one attached hydrogen (secondary N) is 2. The topological polar surface area (TPSA) is 125 Å². The molecule has 0 saturated carbocycles. The van der Waals surface area contributed by atoms with Crippen LogP contribution in [0.5, 0.6) is 0 Å². The number of β-lactam (4-membered cyclic amide) rings is 1. The number of amides is 2. The highest BCUT2D eigenvalue weighted by atomic mass is 16.5. The van der Waals surface area contributed by atoms with Crippen LogP contribution in [0.15, 0.2) is 72.5 Å². The molecule has 2 aromatic carbocycles. The van der Waals surface area contributed by atoms with Gasteiger partial charge in [-0.3, -0.25) is 24.1 Å². The van der Waals surface area contributed by atoms with Crippen molar-refractivity contribution in [3.05, 3.63) is 83.6 Å². The van der Waals surface area contributed by atoms with Crippen molar-refractivity contribution >= 4 is 23.4 Å². The van der Waals surface area contributed by atoms with Gasteiger partial charge in [0.1, 0.15) is 5.76 Å². The Kier molecular flexibility index (Phi) is 9.27. The van der Waals surface area contributed by atoms with E-state index < -0.39 is 42.5 Å². The van der Waals surface area contributed by atoms with Crippen LogP contribution in [0.2, 0.25) is 0 Å². The molecule has 2 aliphatic rings. The third kappa shape index (κ3) is 6.79. The number of Topliss-reactive ketones (excluding diaryl/α,β-unsaturated/α-hetero) is 2. The number of hydrogen-bond donors (Lipinski definition) is 3. The molecule has 3 N–H and O–H groups in total. The number of aliphatic hydroxyl groups excluding tert-OH is 1. The van der Waals surface area contributed by atoms with E-state index in [4.69, 9.17) is 4.74 Å². The molecule has 2 fully saturated rings. The number of nitrogens with zero attached hydrogens (tertiary/aromatic N) is 1. The number of benzene rings is 2. The maximum Gasteiger partial charge on any atom is 0.237 e. The molecule has 0 spiro atoms. The van der Waals surface area contributed by atoms with Gasteiger partial charge in [-0.1, -0.05) is 74.5 Å². The van der Waals surface area contributed by atoms with Crippen LogP contribution in [-0.4, -0.2) is 64.3 Å². The van der Waals surface area contributed by atoms with Gasteiger partial charge < -0.3 is 20.5 Å². The summed E-state index contributed by atoms with van der Waals surface area (Å²) in [5.41, 5.74) is 1.79. The van der Waals surface area contributed by atoms with E-state index in [-0.39, 0.29) is 36.3 Å². The van der Waals surface area contributed by atoms with Crippen LogP contribution in [0, 0.1) is 5.92 Å². The highest BCUT2D eigenvalue weighted by Crippen LogP contribution is 2.37. The molecule has 206 valence electrons. The lowest BCUT2D eigenvalue weighted by atomic mass is 9.93. The molecule has 2 saturated heterocycles. The summed E-state index contributed by atoms with van der Waals surface area (Å²) in [5, 5.41) is 15.5. The third-order valence-electron chi connectivity index (χ3n) is 6.89. The molecule has 2 amide bonds. The van der Waals surface area contributed by atoms with Gasteiger partial charge in [-0.15, -0.1) is 0 Å². The summed E-state index contributed by atoms with van der Waals surface area (Å²) in [6.45, 7) is 4.08. The van der Waals surface area contributed by atoms with Crippen molar-refractivity contribution in [1.29, 1.82) is 0 Å². The van der Waals surface area contributed by atoms with Gasteiger partial charge >= 0.3 is 0 Å². The quantitative estimate of drug-likeness (QED) is 0.265. The number of hydrogen-bond acceptors (Lipinski definition) is 7. The summed E-state index contributed by atoms with van der Waals surface area (Å²) in [5.74, 6) is -2.09. The summed E-state index contributed by atoms with van der Waals surface area (Å²) in [6.07, 6.45) is 1.40. The molecule has 4 rings (SSSR count). The Balaban J connectivity index is 1.55. The monoisotopic (exact) mass is 533 g/mol. The Bertz CT molecular complexity index is 1210. The van der Waals surface area contributed by atoms with Gasteiger partial charge in [-0.25, -0.2) is 0 Å². The maximum atomic E-state index is 13.7. The molecule has 9 nitrogen and oxygen atoms in total. The summed E-state index contributed by atoms with van der Waals surface area (Å²) in [4.78, 5) is 54.2. The zero-order chi connectivity index (χ0) is 27.9. The lowest BCUT2D eigenvalue weighted by molar-refractivity contribution is -0.160. The highest BCUT2D eigenvalue weighted by Gasteiger charge is 2.55. The van der Waals surface area contributed by atoms with Gasteiger partial charge in [0, 0.05) is 13.0 Å². The van der Waals surface area contributed by atoms with Crippen molar-refractivity contribution in [3.8, 4) is 0 Å². The Morgan fingerprint density at radius 2 is 1.67 bits per heavy atom. The minimum atomic E-state index is -1.24. The number of aliphatic hydroxyl groups is 1. The van der Waals surface area contributed by atoms with E-state index in [1.54, 1.807) is 0 Å². The predicted octanol–water partition coefficient (Wildman–Crippen LogP) is 1.89. The SMILES string of the molecule is CC(C)CC(NCc1ccccc1)C(=O)NC(Cc1ccccc1)C(=O)C(=O)C1/C(=C\CO)OC2CC(=O)N21. The molecule has 0 radical (unpaired) electrons. The average molecular weight is 534 g/mol. The number of carbonyl (C=O) groups excluding carboxylic acids is 4. The van der Waals surface area contributed by atoms with Crippen LogP contribution in [0.3, 0.4) is 0 Å². The van der Waals surface area contributed by atoms with Crippen LogP contribution >= 0.6 is 0 Å². The van der Waals surface area contributed by atoms with Crippen molar-refractivity contribution in [3.63, 3.8) is 0 Å². The van der Waals surface area contributed by atoms with Crippen molar-refractivity contribution in [2.24, 2.45) is 5.92 Å². The fraction of sp³-hybridized carbons (Fsp3) is 0.400. The summed E-state index contributed by atoms with van der Waals surface area (Å²) in [7, 11) is 0. The second-order valence-corrected chi connectivity index (χ2v) is 10.3. The molecule has 4 atom stereocenters. The van der Waals surface area contributed by atoms with Crippen LogP contribution in [0.4, 0.5) is 0 Å². The number of carbonyl (C=O) groups is 4. The molecule has 2 heterocycles. The standard InChI is InChI=1S/C30H35N3O6/c1-19(2)15-23(31-18-21-11-7-4-8-12-21)30(38)32-22(16-20-9-5-3-6-10-20)28(36)29(37)27-24(13-14-34)39-26-17-25(35)33(26)27/h3-13,19,22-23,26-27,31,34H,14-18H2,1-2H3,(H,32,38)/b24-13+. The summed E-state index contributed by atoms with van der Waals surface area (Å²) < 4.78 is 5.63. The van der Waals surface area contributed by atoms with Crippen molar-refractivity contribution < 1.29 is 29.0 Å². The van der Waals surface area contributed by atoms with Crippen LogP contribution in [-0.2, 0) is 36.9 Å². The normalized spacial score (nSPS) is 20.7. The lowest BCUT2D eigenvalue weighted by Gasteiger charge is -2.34. The molecule has 2 aromatic rings. The van der Waals surface area contributed by atoms with E-state index in [1.165, 1.54) is 11.0 Å². The van der Waals surface area contributed by atoms with E-state index >= 15 is 0 Å². The van der Waals surface area contributed by atoms with Crippen molar-refractivity contribution in [2.75, 3.05) is 6.61 Å². The van der Waals surface area contributed by atoms with Gasteiger partial charge in [0.15, 0.2) is 12.3 Å². The summed E-state index contributed by atoms with van der Waals surface area (Å²) >= 11 is 0. The molecule has 2 aliphatic heterocycles. The number of fused-ring (bicyclic) bond motifs is 1. The van der Waals surface area contributed by atoms with Gasteiger partial charge in [0.25, 0.3) is 0 Å². The molecule has 0 bridgehead atoms. The summed E-state index contributed by atoms with van der Waals surface area (Å²) in [6, 6.07) is 15.8. The molecule has 0 aliphatic carbocycles. The van der Waals surface area contributed by atoms with E-state index in [0.29, 0.717) is 13.0 Å². The van der Waals surface area contributed by atoms with Gasteiger partial charge in [-0.2, -0.15) is 0 Å². The minimum Gasteiger partial charge on any atom is -0.472 e. The Hall–Kier alpha value is -3.82. The van der Waals surface area contributed by atoms with Gasteiger partial charge in [0.05, 0.1) is 25.1 Å². The maximum absolute atomic E-state index is 13.7. The first-order valence-corrected chi connectivity index (χ1v) is 13.3. The fourth-order valence-electron chi connectivity index (χ4n) is 4.90. The van der Waals surface area contributed by atoms with Crippen LogP contribution in [0.25, 0.3) is 0 Å². The lowest BCUT2D eigenvalue weighted by Crippen LogP contribution is -2.58. The zero-order valence-corrected chi connectivity index (χ0v) is 22.2. The van der Waals surface area contributed by atoms with E-state index in [9.17, 15) is 24.3 Å². The molecular formula is C30H35N3O6. The first-order chi connectivity index (χ1) is 18.8. The average Bonchev–Trinajstić information content (AvgIpc) is 3.22. The minimum absolute atomic E-state index is 0.0821. The number of rotatable bonds is 13. The second kappa shape index (κ2) is 12.8. The number of ether oxygens (including phenoxy) is 1. The largest absolute Gasteiger partial charge is 0.472 e. The smallest absolute Gasteiger partial charge is 0.237 e. The van der Waals surface area contributed by atoms with E-state index in [0.717, 1.165) is 11.1 Å². The first kappa shape index (κ1) is 28.2. The zero-order valence-electron chi connectivity index (χ0n) is 22.2. The van der Waals surface area contributed by atoms with Crippen LogP contribution < -0.4 is 10.6 Å². The van der Waals surface area contributed by atoms with E-state index in [1.807, 2.05) is 74.5 Å². The third-order valence-corrected chi connectivity index (χ3v) is 6.89. The molecular weight excluding hydrogens is 498 g/mol. The van der Waals surface area contributed by atoms with Crippen molar-refractivity contribution in [1.82, 2.24) is 15.5 Å². The Labute approximate surface area is 228 Å². The Morgan fingerprint density at radius 3 is 2.26 bits per heavy atom. The highest BCUT2D eigenvalue weighted by molar-refractivity contribution is 6.42. The molecule has 39 heavy (non-hydrogen) atoms.